The molecule has 2 heterocycles. The van der Waals surface area contributed by atoms with E-state index in [0.717, 1.165) is 22.3 Å². The number of rotatable bonds is 6. The quantitative estimate of drug-likeness (QED) is 0.696. The highest BCUT2D eigenvalue weighted by Gasteiger charge is 2.14. The number of thiophene rings is 1. The van der Waals surface area contributed by atoms with Crippen LogP contribution < -0.4 is 15.8 Å². The molecule has 0 bridgehead atoms. The van der Waals surface area contributed by atoms with E-state index in [1.807, 2.05) is 26.8 Å². The van der Waals surface area contributed by atoms with E-state index in [0.29, 0.717) is 17.1 Å². The first-order chi connectivity index (χ1) is 12.0. The SMILES string of the molecule is CCC(C)Oc1cc(C(N)=O)ccc1Nc1ncnc2cc(C)sc12. The zero-order valence-corrected chi connectivity index (χ0v) is 15.2. The summed E-state index contributed by atoms with van der Waals surface area (Å²) in [5, 5.41) is 3.31. The predicted molar refractivity (Wildman–Crippen MR) is 101 cm³/mol. The standard InChI is InChI=1S/C18H20N4O2S/c1-4-10(2)24-15-8-12(17(19)23)5-6-13(15)22-18-16-14(20-9-21-18)7-11(3)25-16/h5-10H,4H2,1-3H3,(H2,19,23)(H,20,21,22). The molecule has 0 aliphatic rings. The van der Waals surface area contributed by atoms with Crippen LogP contribution >= 0.6 is 11.3 Å². The third kappa shape index (κ3) is 3.71. The smallest absolute Gasteiger partial charge is 0.248 e. The fourth-order valence-electron chi connectivity index (χ4n) is 2.37. The van der Waals surface area contributed by atoms with E-state index in [1.54, 1.807) is 29.5 Å². The number of hydrogen-bond acceptors (Lipinski definition) is 6. The Bertz CT molecular complexity index is 923. The third-order valence-corrected chi connectivity index (χ3v) is 4.90. The molecule has 0 saturated heterocycles. The molecule has 0 aliphatic heterocycles. The van der Waals surface area contributed by atoms with E-state index >= 15 is 0 Å². The number of nitrogens with one attached hydrogen (secondary N) is 1. The second-order valence-corrected chi connectivity index (χ2v) is 7.09. The van der Waals surface area contributed by atoms with Crippen molar-refractivity contribution in [2.45, 2.75) is 33.3 Å². The van der Waals surface area contributed by atoms with Gasteiger partial charge in [0.25, 0.3) is 0 Å². The summed E-state index contributed by atoms with van der Waals surface area (Å²) in [6, 6.07) is 7.15. The van der Waals surface area contributed by atoms with Crippen LogP contribution in [0.2, 0.25) is 0 Å². The summed E-state index contributed by atoms with van der Waals surface area (Å²) >= 11 is 1.63. The fraction of sp³-hybridized carbons (Fsp3) is 0.278. The molecule has 1 atom stereocenters. The van der Waals surface area contributed by atoms with Gasteiger partial charge in [-0.25, -0.2) is 9.97 Å². The molecule has 3 N–H and O–H groups in total. The van der Waals surface area contributed by atoms with E-state index in [1.165, 1.54) is 11.2 Å². The average molecular weight is 356 g/mol. The van der Waals surface area contributed by atoms with Gasteiger partial charge in [-0.15, -0.1) is 11.3 Å². The third-order valence-electron chi connectivity index (χ3n) is 3.86. The first-order valence-electron chi connectivity index (χ1n) is 8.06. The van der Waals surface area contributed by atoms with E-state index in [4.69, 9.17) is 10.5 Å². The maximum atomic E-state index is 11.5. The minimum absolute atomic E-state index is 0.0121. The van der Waals surface area contributed by atoms with Crippen molar-refractivity contribution in [3.8, 4) is 5.75 Å². The van der Waals surface area contributed by atoms with E-state index in [-0.39, 0.29) is 6.10 Å². The fourth-order valence-corrected chi connectivity index (χ4v) is 3.28. The monoisotopic (exact) mass is 356 g/mol. The largest absolute Gasteiger partial charge is 0.489 e. The number of benzene rings is 1. The summed E-state index contributed by atoms with van der Waals surface area (Å²) in [5.41, 5.74) is 7.43. The Hall–Kier alpha value is -2.67. The van der Waals surface area contributed by atoms with Crippen LogP contribution in [0.4, 0.5) is 11.5 Å². The summed E-state index contributed by atoms with van der Waals surface area (Å²) in [6.45, 7) is 6.06. The summed E-state index contributed by atoms with van der Waals surface area (Å²) in [6.07, 6.45) is 2.39. The van der Waals surface area contributed by atoms with Gasteiger partial charge >= 0.3 is 0 Å². The van der Waals surface area contributed by atoms with Gasteiger partial charge in [-0.05, 0) is 44.5 Å². The van der Waals surface area contributed by atoms with Crippen LogP contribution in [0.1, 0.15) is 35.5 Å². The molecule has 3 aromatic rings. The summed E-state index contributed by atoms with van der Waals surface area (Å²) in [4.78, 5) is 21.3. The molecule has 1 aromatic carbocycles. The Kier molecular flexibility index (Phi) is 4.85. The Labute approximate surface area is 150 Å². The van der Waals surface area contributed by atoms with Gasteiger partial charge in [0.15, 0.2) is 5.82 Å². The van der Waals surface area contributed by atoms with Crippen molar-refractivity contribution in [1.82, 2.24) is 9.97 Å². The number of hydrogen-bond donors (Lipinski definition) is 2. The Morgan fingerprint density at radius 1 is 1.36 bits per heavy atom. The number of fused-ring (bicyclic) bond motifs is 1. The Morgan fingerprint density at radius 2 is 2.16 bits per heavy atom. The van der Waals surface area contributed by atoms with Crippen molar-refractivity contribution >= 4 is 39.0 Å². The number of nitrogens with zero attached hydrogens (tertiary/aromatic N) is 2. The molecule has 0 fully saturated rings. The number of carbonyl (C=O) groups excluding carboxylic acids is 1. The topological polar surface area (TPSA) is 90.1 Å². The minimum Gasteiger partial charge on any atom is -0.489 e. The van der Waals surface area contributed by atoms with Gasteiger partial charge in [0.1, 0.15) is 12.1 Å². The minimum atomic E-state index is -0.487. The molecule has 6 nitrogen and oxygen atoms in total. The normalized spacial score (nSPS) is 12.1. The highest BCUT2D eigenvalue weighted by Crippen LogP contribution is 2.34. The molecular formula is C18H20N4O2S. The summed E-state index contributed by atoms with van der Waals surface area (Å²) in [5.74, 6) is 0.800. The number of anilines is 2. The second-order valence-electron chi connectivity index (χ2n) is 5.83. The molecule has 0 aliphatic carbocycles. The van der Waals surface area contributed by atoms with Gasteiger partial charge in [0.2, 0.25) is 5.91 Å². The number of aromatic nitrogens is 2. The highest BCUT2D eigenvalue weighted by molar-refractivity contribution is 7.19. The molecule has 25 heavy (non-hydrogen) atoms. The van der Waals surface area contributed by atoms with Crippen LogP contribution in [0.5, 0.6) is 5.75 Å². The van der Waals surface area contributed by atoms with Crippen molar-refractivity contribution in [1.29, 1.82) is 0 Å². The number of amides is 1. The lowest BCUT2D eigenvalue weighted by atomic mass is 10.1. The Balaban J connectivity index is 2.01. The van der Waals surface area contributed by atoms with E-state index < -0.39 is 5.91 Å². The maximum absolute atomic E-state index is 11.5. The molecule has 0 saturated carbocycles. The Morgan fingerprint density at radius 3 is 2.88 bits per heavy atom. The maximum Gasteiger partial charge on any atom is 0.248 e. The van der Waals surface area contributed by atoms with Crippen LogP contribution in [-0.4, -0.2) is 22.0 Å². The van der Waals surface area contributed by atoms with Gasteiger partial charge in [-0.2, -0.15) is 0 Å². The molecule has 0 radical (unpaired) electrons. The first-order valence-corrected chi connectivity index (χ1v) is 8.88. The van der Waals surface area contributed by atoms with Crippen LogP contribution in [0.3, 0.4) is 0 Å². The van der Waals surface area contributed by atoms with Crippen LogP contribution in [0, 0.1) is 6.92 Å². The predicted octanol–water partition coefficient (Wildman–Crippen LogP) is 4.02. The zero-order valence-electron chi connectivity index (χ0n) is 14.4. The number of ether oxygens (including phenoxy) is 1. The lowest BCUT2D eigenvalue weighted by Gasteiger charge is -2.17. The van der Waals surface area contributed by atoms with Gasteiger partial charge in [-0.1, -0.05) is 6.92 Å². The number of carbonyl (C=O) groups is 1. The lowest BCUT2D eigenvalue weighted by molar-refractivity contribution is 0.0999. The van der Waals surface area contributed by atoms with E-state index in [9.17, 15) is 4.79 Å². The van der Waals surface area contributed by atoms with Crippen LogP contribution in [0.15, 0.2) is 30.6 Å². The number of aryl methyl sites for hydroxylation is 1. The molecule has 3 rings (SSSR count). The van der Waals surface area contributed by atoms with Crippen molar-refractivity contribution in [2.75, 3.05) is 5.32 Å². The van der Waals surface area contributed by atoms with Crippen molar-refractivity contribution in [3.63, 3.8) is 0 Å². The van der Waals surface area contributed by atoms with Gasteiger partial charge < -0.3 is 15.8 Å². The van der Waals surface area contributed by atoms with Crippen molar-refractivity contribution < 1.29 is 9.53 Å². The van der Waals surface area contributed by atoms with Gasteiger partial charge in [-0.3, -0.25) is 4.79 Å². The highest BCUT2D eigenvalue weighted by atomic mass is 32.1. The lowest BCUT2D eigenvalue weighted by Crippen LogP contribution is -2.14. The number of nitrogens with two attached hydrogens (primary N) is 1. The molecular weight excluding hydrogens is 336 g/mol. The summed E-state index contributed by atoms with van der Waals surface area (Å²) in [7, 11) is 0. The van der Waals surface area contributed by atoms with Gasteiger partial charge in [0, 0.05) is 10.4 Å². The van der Waals surface area contributed by atoms with E-state index in [2.05, 4.69) is 15.3 Å². The molecule has 130 valence electrons. The number of primary amides is 1. The first kappa shape index (κ1) is 17.2. The van der Waals surface area contributed by atoms with Crippen molar-refractivity contribution in [3.05, 3.63) is 41.0 Å². The molecule has 7 heteroatoms. The van der Waals surface area contributed by atoms with Gasteiger partial charge in [0.05, 0.1) is 22.0 Å². The molecule has 0 spiro atoms. The zero-order chi connectivity index (χ0) is 18.0. The average Bonchev–Trinajstić information content (AvgIpc) is 2.97. The summed E-state index contributed by atoms with van der Waals surface area (Å²) < 4.78 is 6.94. The van der Waals surface area contributed by atoms with Crippen LogP contribution in [-0.2, 0) is 0 Å². The molecule has 2 aromatic heterocycles. The molecule has 1 unspecified atom stereocenters. The van der Waals surface area contributed by atoms with Crippen LogP contribution in [0.25, 0.3) is 10.2 Å². The van der Waals surface area contributed by atoms with Crippen molar-refractivity contribution in [2.24, 2.45) is 5.73 Å². The molecule has 1 amide bonds. The second kappa shape index (κ2) is 7.06.